The molecule has 156 valence electrons. The minimum absolute atomic E-state index is 0.123. The Morgan fingerprint density at radius 2 is 1.83 bits per heavy atom. The lowest BCUT2D eigenvalue weighted by Gasteiger charge is -2.28. The van der Waals surface area contributed by atoms with Crippen LogP contribution in [0.5, 0.6) is 11.8 Å². The van der Waals surface area contributed by atoms with Gasteiger partial charge in [-0.3, -0.25) is 14.6 Å². The van der Waals surface area contributed by atoms with E-state index in [4.69, 9.17) is 9.47 Å². The smallest absolute Gasteiger partial charge is 0.277 e. The van der Waals surface area contributed by atoms with Gasteiger partial charge < -0.3 is 14.5 Å². The Balaban J connectivity index is 1.46. The third-order valence-electron chi connectivity index (χ3n) is 5.04. The molecule has 1 aliphatic heterocycles. The van der Waals surface area contributed by atoms with Crippen molar-refractivity contribution in [2.75, 3.05) is 27.3 Å². The number of hydrogen-bond donors (Lipinski definition) is 1. The van der Waals surface area contributed by atoms with Crippen molar-refractivity contribution in [1.29, 1.82) is 0 Å². The summed E-state index contributed by atoms with van der Waals surface area (Å²) in [6, 6.07) is 10.9. The largest absolute Gasteiger partial charge is 0.481 e. The molecule has 1 fully saturated rings. The monoisotopic (exact) mass is 409 g/mol. The number of hydrazine groups is 1. The van der Waals surface area contributed by atoms with E-state index in [1.807, 2.05) is 24.3 Å². The molecule has 3 aromatic rings. The fourth-order valence-corrected chi connectivity index (χ4v) is 3.56. The van der Waals surface area contributed by atoms with Gasteiger partial charge in [-0.05, 0) is 24.6 Å². The van der Waals surface area contributed by atoms with Gasteiger partial charge in [-0.15, -0.1) is 0 Å². The van der Waals surface area contributed by atoms with E-state index in [2.05, 4.69) is 15.0 Å². The van der Waals surface area contributed by atoms with Crippen LogP contribution in [-0.4, -0.2) is 64.1 Å². The number of rotatable bonds is 6. The van der Waals surface area contributed by atoms with Crippen molar-refractivity contribution in [3.05, 3.63) is 47.8 Å². The van der Waals surface area contributed by atoms with E-state index < -0.39 is 0 Å². The summed E-state index contributed by atoms with van der Waals surface area (Å²) in [7, 11) is 2.94. The van der Waals surface area contributed by atoms with E-state index in [0.717, 1.165) is 16.9 Å². The van der Waals surface area contributed by atoms with Crippen LogP contribution >= 0.6 is 0 Å². The van der Waals surface area contributed by atoms with Crippen LogP contribution in [0.2, 0.25) is 0 Å². The summed E-state index contributed by atoms with van der Waals surface area (Å²) < 4.78 is 10.3. The zero-order chi connectivity index (χ0) is 21.1. The molecule has 0 spiro atoms. The fraction of sp³-hybridized carbons (Fsp3) is 0.333. The maximum atomic E-state index is 13.1. The van der Waals surface area contributed by atoms with Gasteiger partial charge in [0.15, 0.2) is 0 Å². The first kappa shape index (κ1) is 19.7. The van der Waals surface area contributed by atoms with Crippen molar-refractivity contribution >= 4 is 22.8 Å². The minimum Gasteiger partial charge on any atom is -0.481 e. The molecule has 0 atom stereocenters. The molecule has 3 heterocycles. The second kappa shape index (κ2) is 8.40. The Morgan fingerprint density at radius 3 is 2.60 bits per heavy atom. The Kier molecular flexibility index (Phi) is 5.51. The van der Waals surface area contributed by atoms with Gasteiger partial charge in [-0.25, -0.2) is 9.99 Å². The number of methoxy groups -OCH3 is 2. The van der Waals surface area contributed by atoms with E-state index in [-0.39, 0.29) is 29.7 Å². The Bertz CT molecular complexity index is 1050. The van der Waals surface area contributed by atoms with Crippen molar-refractivity contribution in [2.45, 2.75) is 19.3 Å². The fourth-order valence-electron chi connectivity index (χ4n) is 3.56. The van der Waals surface area contributed by atoms with Gasteiger partial charge >= 0.3 is 0 Å². The highest BCUT2D eigenvalue weighted by Gasteiger charge is 2.33. The summed E-state index contributed by atoms with van der Waals surface area (Å²) in [5, 5.41) is 2.97. The number of H-pyrrole nitrogens is 1. The Labute approximate surface area is 173 Å². The van der Waals surface area contributed by atoms with Gasteiger partial charge in [0.25, 0.3) is 5.91 Å². The molecule has 0 saturated carbocycles. The number of pyridine rings is 1. The number of benzene rings is 1. The molecule has 1 saturated heterocycles. The summed E-state index contributed by atoms with van der Waals surface area (Å²) in [5.74, 6) is 0.825. The first-order chi connectivity index (χ1) is 14.6. The highest BCUT2D eigenvalue weighted by molar-refractivity contribution is 5.97. The number of aromatic nitrogens is 3. The van der Waals surface area contributed by atoms with Gasteiger partial charge in [-0.2, -0.15) is 4.98 Å². The lowest BCUT2D eigenvalue weighted by atomic mass is 10.2. The topological polar surface area (TPSA) is 101 Å². The first-order valence-electron chi connectivity index (χ1n) is 9.75. The van der Waals surface area contributed by atoms with Crippen molar-refractivity contribution in [3.8, 4) is 11.8 Å². The highest BCUT2D eigenvalue weighted by atomic mass is 16.5. The van der Waals surface area contributed by atoms with Crippen molar-refractivity contribution in [2.24, 2.45) is 0 Å². The van der Waals surface area contributed by atoms with Gasteiger partial charge in [0.1, 0.15) is 11.4 Å². The molecule has 1 aliphatic rings. The Hall–Kier alpha value is -3.62. The summed E-state index contributed by atoms with van der Waals surface area (Å²) >= 11 is 0. The molecule has 0 bridgehead atoms. The molecule has 0 radical (unpaired) electrons. The van der Waals surface area contributed by atoms with Crippen LogP contribution in [-0.2, 0) is 11.2 Å². The average Bonchev–Trinajstić information content (AvgIpc) is 3.43. The number of amides is 2. The molecule has 4 rings (SSSR count). The molecule has 9 heteroatoms. The van der Waals surface area contributed by atoms with E-state index in [1.165, 1.54) is 24.2 Å². The number of imidazole rings is 1. The maximum Gasteiger partial charge on any atom is 0.277 e. The molecule has 2 amide bonds. The first-order valence-corrected chi connectivity index (χ1v) is 9.75. The lowest BCUT2D eigenvalue weighted by molar-refractivity contribution is -0.140. The number of para-hydroxylation sites is 2. The predicted molar refractivity (Wildman–Crippen MR) is 109 cm³/mol. The van der Waals surface area contributed by atoms with Gasteiger partial charge in [-0.1, -0.05) is 12.1 Å². The summed E-state index contributed by atoms with van der Waals surface area (Å²) in [5.41, 5.74) is 2.10. The molecule has 1 N–H and O–H groups in total. The van der Waals surface area contributed by atoms with Crippen LogP contribution in [0.3, 0.4) is 0 Å². The zero-order valence-corrected chi connectivity index (χ0v) is 16.9. The number of fused-ring (bicyclic) bond motifs is 1. The molecule has 2 aromatic heterocycles. The average molecular weight is 409 g/mol. The predicted octanol–water partition coefficient (Wildman–Crippen LogP) is 2.20. The van der Waals surface area contributed by atoms with Crippen molar-refractivity contribution < 1.29 is 19.1 Å². The SMILES string of the molecule is COc1ccc(C(=O)N2CCCN2C(=O)CCc2nc3ccccc3[nH]2)c(OC)n1. The third-order valence-corrected chi connectivity index (χ3v) is 5.04. The van der Waals surface area contributed by atoms with Crippen molar-refractivity contribution in [1.82, 2.24) is 25.0 Å². The molecule has 1 aromatic carbocycles. The molecule has 0 unspecified atom stereocenters. The molecule has 30 heavy (non-hydrogen) atoms. The number of hydrogen-bond acceptors (Lipinski definition) is 6. The van der Waals surface area contributed by atoms with Gasteiger partial charge in [0, 0.05) is 32.0 Å². The van der Waals surface area contributed by atoms with Crippen LogP contribution in [0.15, 0.2) is 36.4 Å². The van der Waals surface area contributed by atoms with Crippen LogP contribution in [0.4, 0.5) is 0 Å². The van der Waals surface area contributed by atoms with Crippen molar-refractivity contribution in [3.63, 3.8) is 0 Å². The Morgan fingerprint density at radius 1 is 1.03 bits per heavy atom. The van der Waals surface area contributed by atoms with Gasteiger partial charge in [0.05, 0.1) is 25.3 Å². The van der Waals surface area contributed by atoms with Gasteiger partial charge in [0.2, 0.25) is 17.7 Å². The maximum absolute atomic E-state index is 13.1. The minimum atomic E-state index is -0.323. The molecule has 9 nitrogen and oxygen atoms in total. The summed E-state index contributed by atoms with van der Waals surface area (Å²) in [6.07, 6.45) is 1.44. The van der Waals surface area contributed by atoms with E-state index in [0.29, 0.717) is 31.8 Å². The normalized spacial score (nSPS) is 13.7. The quantitative estimate of drug-likeness (QED) is 0.670. The summed E-state index contributed by atoms with van der Waals surface area (Å²) in [4.78, 5) is 37.8. The lowest BCUT2D eigenvalue weighted by Crippen LogP contribution is -2.45. The zero-order valence-electron chi connectivity index (χ0n) is 16.9. The second-order valence-corrected chi connectivity index (χ2v) is 6.91. The van der Waals surface area contributed by atoms with Crippen LogP contribution in [0.1, 0.15) is 29.0 Å². The van der Waals surface area contributed by atoms with E-state index in [9.17, 15) is 9.59 Å². The molecule has 0 aliphatic carbocycles. The summed E-state index contributed by atoms with van der Waals surface area (Å²) in [6.45, 7) is 0.959. The third kappa shape index (κ3) is 3.78. The number of carbonyl (C=O) groups excluding carboxylic acids is 2. The van der Waals surface area contributed by atoms with Crippen LogP contribution in [0.25, 0.3) is 11.0 Å². The van der Waals surface area contributed by atoms with E-state index in [1.54, 1.807) is 12.1 Å². The number of nitrogens with one attached hydrogen (secondary N) is 1. The van der Waals surface area contributed by atoms with Crippen LogP contribution < -0.4 is 9.47 Å². The number of ether oxygens (including phenoxy) is 2. The number of nitrogens with zero attached hydrogens (tertiary/aromatic N) is 4. The molecular formula is C21H23N5O4. The second-order valence-electron chi connectivity index (χ2n) is 6.91. The van der Waals surface area contributed by atoms with E-state index >= 15 is 0 Å². The number of carbonyl (C=O) groups is 2. The molecular weight excluding hydrogens is 386 g/mol. The number of aromatic amines is 1. The van der Waals surface area contributed by atoms with Crippen LogP contribution in [0, 0.1) is 0 Å². The number of aryl methyl sites for hydroxylation is 1. The highest BCUT2D eigenvalue weighted by Crippen LogP contribution is 2.24. The standard InChI is InChI=1S/C21H23N5O4/c1-29-18-10-8-14(20(24-18)30-2)21(28)26-13-5-12-25(26)19(27)11-9-17-22-15-6-3-4-7-16(15)23-17/h3-4,6-8,10H,5,9,11-13H2,1-2H3,(H,22,23).